The van der Waals surface area contributed by atoms with Crippen LogP contribution < -0.4 is 31.1 Å². The third-order valence-electron chi connectivity index (χ3n) is 16.5. The summed E-state index contributed by atoms with van der Waals surface area (Å²) in [4.78, 5) is 8.03. The van der Waals surface area contributed by atoms with Gasteiger partial charge in [0.15, 0.2) is 0 Å². The van der Waals surface area contributed by atoms with Crippen LogP contribution in [0.25, 0.3) is 0 Å². The SMILES string of the molecule is CC(C)(C)c1ccc(N2c3ccc(C(C)(C)C)cc3B3c4ccc(N5c6ccccc6C6(C)CCCCCCC56C)cc4N(c4ccc(C(C)(C)C)cc4)c4cc(C(C)(C)C)cc2c43)cc1. The molecule has 0 N–H and O–H groups in total. The molecule has 2 unspecified atom stereocenters. The van der Waals surface area contributed by atoms with E-state index in [1.165, 1.54) is 128 Å². The molecule has 1 saturated carbocycles. The second kappa shape index (κ2) is 15.1. The lowest BCUT2D eigenvalue weighted by molar-refractivity contribution is 0.218. The fraction of sp³-hybridized carbons (Fsp3) is 0.419. The standard InChI is InChI=1S/C62H74BN3/c1-57(2,3)41-23-28-45(29-24-41)64-52-34-27-43(59(7,8)9)37-50(52)63-49-33-32-47(66-51-22-18-17-21-48(51)61(13)35-19-15-16-20-36-62(61,66)14)40-53(49)65(46-30-25-42(26-31-46)58(4,5)6)55-39-44(60(10,11)12)38-54(64)56(55)63/h17-18,21-34,37-40H,15-16,19-20,35-36H2,1-14H3. The van der Waals surface area contributed by atoms with Crippen molar-refractivity contribution in [3.05, 3.63) is 149 Å². The molecular weight excluding hydrogens is 798 g/mol. The molecule has 66 heavy (non-hydrogen) atoms. The van der Waals surface area contributed by atoms with Gasteiger partial charge in [-0.1, -0.05) is 176 Å². The molecule has 10 rings (SSSR count). The van der Waals surface area contributed by atoms with Crippen molar-refractivity contribution >= 4 is 68.6 Å². The Morgan fingerprint density at radius 3 is 1.47 bits per heavy atom. The van der Waals surface area contributed by atoms with Crippen LogP contribution in [0.4, 0.5) is 45.5 Å². The number of hydrogen-bond acceptors (Lipinski definition) is 3. The van der Waals surface area contributed by atoms with Crippen LogP contribution in [-0.2, 0) is 27.1 Å². The molecule has 3 nitrogen and oxygen atoms in total. The van der Waals surface area contributed by atoms with Crippen molar-refractivity contribution < 1.29 is 0 Å². The lowest BCUT2D eigenvalue weighted by Crippen LogP contribution is -2.61. The third kappa shape index (κ3) is 6.97. The number of nitrogens with zero attached hydrogens (tertiary/aromatic N) is 3. The minimum atomic E-state index is -0.0977. The van der Waals surface area contributed by atoms with Gasteiger partial charge >= 0.3 is 0 Å². The highest BCUT2D eigenvalue weighted by atomic mass is 15.3. The first kappa shape index (κ1) is 44.6. The van der Waals surface area contributed by atoms with Gasteiger partial charge in [0.05, 0.1) is 5.54 Å². The van der Waals surface area contributed by atoms with Crippen molar-refractivity contribution in [1.29, 1.82) is 0 Å². The van der Waals surface area contributed by atoms with Gasteiger partial charge in [0.2, 0.25) is 0 Å². The summed E-state index contributed by atoms with van der Waals surface area (Å²) in [6.07, 6.45) is 7.55. The zero-order chi connectivity index (χ0) is 46.9. The van der Waals surface area contributed by atoms with Crippen molar-refractivity contribution in [3.8, 4) is 0 Å². The van der Waals surface area contributed by atoms with E-state index >= 15 is 0 Å². The van der Waals surface area contributed by atoms with Crippen molar-refractivity contribution in [3.63, 3.8) is 0 Å². The Kier molecular flexibility index (Phi) is 10.2. The van der Waals surface area contributed by atoms with Crippen molar-refractivity contribution in [2.75, 3.05) is 14.7 Å². The van der Waals surface area contributed by atoms with Crippen molar-refractivity contribution in [2.24, 2.45) is 0 Å². The van der Waals surface area contributed by atoms with Gasteiger partial charge in [-0.05, 0) is 146 Å². The van der Waals surface area contributed by atoms with Crippen LogP contribution in [0.15, 0.2) is 121 Å². The average Bonchev–Trinajstić information content (AvgIpc) is 3.43. The minimum Gasteiger partial charge on any atom is -0.334 e. The molecule has 2 atom stereocenters. The Bertz CT molecular complexity index is 2840. The molecular formula is C62H74BN3. The molecule has 0 aromatic heterocycles. The zero-order valence-electron chi connectivity index (χ0n) is 42.7. The molecule has 1 fully saturated rings. The molecule has 0 amide bonds. The van der Waals surface area contributed by atoms with E-state index in [0.29, 0.717) is 0 Å². The van der Waals surface area contributed by atoms with Gasteiger partial charge in [0, 0.05) is 50.9 Å². The lowest BCUT2D eigenvalue weighted by Gasteiger charge is -2.49. The summed E-state index contributed by atoms with van der Waals surface area (Å²) < 4.78 is 0. The molecule has 0 saturated heterocycles. The number of para-hydroxylation sites is 1. The quantitative estimate of drug-likeness (QED) is 0.164. The Labute approximate surface area is 398 Å². The average molecular weight is 872 g/mol. The van der Waals surface area contributed by atoms with Gasteiger partial charge in [-0.25, -0.2) is 0 Å². The Morgan fingerprint density at radius 2 is 0.909 bits per heavy atom. The molecule has 4 heteroatoms. The number of fused-ring (bicyclic) bond motifs is 7. The van der Waals surface area contributed by atoms with Gasteiger partial charge in [-0.3, -0.25) is 0 Å². The fourth-order valence-corrected chi connectivity index (χ4v) is 12.3. The Hall–Kier alpha value is -5.22. The minimum absolute atomic E-state index is 0.0154. The monoisotopic (exact) mass is 872 g/mol. The van der Waals surface area contributed by atoms with Crippen LogP contribution in [0.5, 0.6) is 0 Å². The molecule has 1 aliphatic carbocycles. The van der Waals surface area contributed by atoms with E-state index in [0.717, 1.165) is 0 Å². The molecule has 0 spiro atoms. The van der Waals surface area contributed by atoms with Gasteiger partial charge in [0.25, 0.3) is 6.71 Å². The molecule has 0 radical (unpaired) electrons. The molecule has 6 aromatic rings. The van der Waals surface area contributed by atoms with Crippen LogP contribution in [0.2, 0.25) is 0 Å². The van der Waals surface area contributed by atoms with E-state index in [4.69, 9.17) is 0 Å². The maximum absolute atomic E-state index is 2.79. The summed E-state index contributed by atoms with van der Waals surface area (Å²) in [6.45, 7) is 33.3. The van der Waals surface area contributed by atoms with Crippen LogP contribution in [0.3, 0.4) is 0 Å². The van der Waals surface area contributed by atoms with Gasteiger partial charge < -0.3 is 14.7 Å². The molecule has 3 aliphatic heterocycles. The van der Waals surface area contributed by atoms with Crippen LogP contribution in [-0.4, -0.2) is 12.3 Å². The molecule has 3 heterocycles. The summed E-state index contributed by atoms with van der Waals surface area (Å²) in [5, 5.41) is 0. The van der Waals surface area contributed by atoms with Crippen LogP contribution >= 0.6 is 0 Å². The normalized spacial score (nSPS) is 20.5. The first-order valence-corrected chi connectivity index (χ1v) is 25.2. The molecule has 6 aromatic carbocycles. The molecule has 4 aliphatic rings. The number of hydrogen-bond donors (Lipinski definition) is 0. The Morgan fingerprint density at radius 1 is 0.409 bits per heavy atom. The van der Waals surface area contributed by atoms with Gasteiger partial charge in [-0.15, -0.1) is 0 Å². The number of anilines is 8. The highest BCUT2D eigenvalue weighted by Gasteiger charge is 2.56. The summed E-state index contributed by atoms with van der Waals surface area (Å²) >= 11 is 0. The highest BCUT2D eigenvalue weighted by molar-refractivity contribution is 7.00. The Balaban J connectivity index is 1.28. The van der Waals surface area contributed by atoms with Crippen molar-refractivity contribution in [1.82, 2.24) is 0 Å². The molecule has 340 valence electrons. The van der Waals surface area contributed by atoms with E-state index in [2.05, 4.69) is 233 Å². The zero-order valence-corrected chi connectivity index (χ0v) is 42.7. The van der Waals surface area contributed by atoms with E-state index in [1.54, 1.807) is 0 Å². The molecule has 0 bridgehead atoms. The van der Waals surface area contributed by atoms with Gasteiger partial charge in [-0.2, -0.15) is 0 Å². The second-order valence-electron chi connectivity index (χ2n) is 25.0. The van der Waals surface area contributed by atoms with E-state index in [9.17, 15) is 0 Å². The topological polar surface area (TPSA) is 9.72 Å². The first-order chi connectivity index (χ1) is 31.0. The van der Waals surface area contributed by atoms with Gasteiger partial charge in [0.1, 0.15) is 0 Å². The highest BCUT2D eigenvalue weighted by Crippen LogP contribution is 2.60. The van der Waals surface area contributed by atoms with E-state index in [-0.39, 0.29) is 39.3 Å². The van der Waals surface area contributed by atoms with Crippen LogP contribution in [0, 0.1) is 0 Å². The fourth-order valence-electron chi connectivity index (χ4n) is 12.3. The van der Waals surface area contributed by atoms with Crippen molar-refractivity contribution in [2.45, 2.75) is 168 Å². The summed E-state index contributed by atoms with van der Waals surface area (Å²) in [6, 6.07) is 48.4. The largest absolute Gasteiger partial charge is 0.334 e. The maximum atomic E-state index is 2.79. The van der Waals surface area contributed by atoms with Crippen LogP contribution in [0.1, 0.15) is 163 Å². The number of benzene rings is 6. The smallest absolute Gasteiger partial charge is 0.252 e. The predicted octanol–water partition coefficient (Wildman–Crippen LogP) is 15.5. The lowest BCUT2D eigenvalue weighted by atomic mass is 9.33. The third-order valence-corrected chi connectivity index (χ3v) is 16.5. The summed E-state index contributed by atoms with van der Waals surface area (Å²) in [7, 11) is 0. The first-order valence-electron chi connectivity index (χ1n) is 25.2. The second-order valence-corrected chi connectivity index (χ2v) is 25.0. The van der Waals surface area contributed by atoms with E-state index in [1.807, 2.05) is 0 Å². The maximum Gasteiger partial charge on any atom is 0.252 e. The predicted molar refractivity (Wildman–Crippen MR) is 287 cm³/mol. The summed E-state index contributed by atoms with van der Waals surface area (Å²) in [5.41, 5.74) is 21.2. The van der Waals surface area contributed by atoms with E-state index < -0.39 is 0 Å². The summed E-state index contributed by atoms with van der Waals surface area (Å²) in [5.74, 6) is 0. The number of rotatable bonds is 3.